The molecule has 5 rings (SSSR count). The van der Waals surface area contributed by atoms with Crippen LogP contribution in [-0.4, -0.2) is 21.9 Å². The summed E-state index contributed by atoms with van der Waals surface area (Å²) < 4.78 is 0. The molecule has 4 nitrogen and oxygen atoms in total. The molecular formula is C24H23N3OS. The smallest absolute Gasteiger partial charge is 0.259 e. The first-order chi connectivity index (χ1) is 14.2. The van der Waals surface area contributed by atoms with Crippen molar-refractivity contribution in [2.45, 2.75) is 31.8 Å². The van der Waals surface area contributed by atoms with Crippen LogP contribution in [0.1, 0.15) is 35.8 Å². The van der Waals surface area contributed by atoms with E-state index < -0.39 is 0 Å². The van der Waals surface area contributed by atoms with Gasteiger partial charge < -0.3 is 4.98 Å². The van der Waals surface area contributed by atoms with E-state index in [1.165, 1.54) is 17.5 Å². The Labute approximate surface area is 173 Å². The van der Waals surface area contributed by atoms with E-state index in [-0.39, 0.29) is 5.56 Å². The Bertz CT molecular complexity index is 1210. The standard InChI is InChI=1S/C24H23N3OS/c1-27(20-13-7-11-16-8-5-6-12-18(16)20)15-22-25-23(28)19-14-21(29-24(19)26-22)17-9-3-2-4-10-17/h2-6,8-10,12,14,20H,7,11,13,15H2,1H3,(H,25,26,28)/t20-/m1/s1. The van der Waals surface area contributed by atoms with Crippen molar-refractivity contribution in [3.63, 3.8) is 0 Å². The van der Waals surface area contributed by atoms with E-state index in [4.69, 9.17) is 4.98 Å². The minimum Gasteiger partial charge on any atom is -0.309 e. The zero-order valence-electron chi connectivity index (χ0n) is 16.4. The predicted octanol–water partition coefficient (Wildman–Crippen LogP) is 5.16. The number of aromatic nitrogens is 2. The predicted molar refractivity (Wildman–Crippen MR) is 119 cm³/mol. The second-order valence-electron chi connectivity index (χ2n) is 7.73. The van der Waals surface area contributed by atoms with Crippen LogP contribution >= 0.6 is 11.3 Å². The normalized spacial score (nSPS) is 16.3. The van der Waals surface area contributed by atoms with Gasteiger partial charge in [0.15, 0.2) is 0 Å². The van der Waals surface area contributed by atoms with Crippen molar-refractivity contribution < 1.29 is 0 Å². The molecule has 5 heteroatoms. The van der Waals surface area contributed by atoms with Crippen molar-refractivity contribution in [1.82, 2.24) is 14.9 Å². The number of benzene rings is 2. The molecule has 0 spiro atoms. The van der Waals surface area contributed by atoms with Crippen LogP contribution < -0.4 is 5.56 Å². The van der Waals surface area contributed by atoms with Gasteiger partial charge in [0.05, 0.1) is 11.9 Å². The molecular weight excluding hydrogens is 378 g/mol. The molecule has 2 heterocycles. The van der Waals surface area contributed by atoms with Gasteiger partial charge >= 0.3 is 0 Å². The van der Waals surface area contributed by atoms with E-state index in [1.807, 2.05) is 24.3 Å². The average Bonchev–Trinajstić information content (AvgIpc) is 3.19. The molecule has 0 fully saturated rings. The molecule has 0 saturated heterocycles. The van der Waals surface area contributed by atoms with Crippen LogP contribution in [0.15, 0.2) is 65.5 Å². The Morgan fingerprint density at radius 1 is 1.14 bits per heavy atom. The summed E-state index contributed by atoms with van der Waals surface area (Å²) in [5.74, 6) is 0.731. The van der Waals surface area contributed by atoms with Crippen molar-refractivity contribution in [2.75, 3.05) is 7.05 Å². The van der Waals surface area contributed by atoms with Crippen LogP contribution in [0.25, 0.3) is 20.7 Å². The molecule has 0 bridgehead atoms. The summed E-state index contributed by atoms with van der Waals surface area (Å²) in [7, 11) is 2.13. The lowest BCUT2D eigenvalue weighted by molar-refractivity contribution is 0.208. The zero-order valence-corrected chi connectivity index (χ0v) is 17.2. The molecule has 1 atom stereocenters. The molecule has 0 unspecified atom stereocenters. The molecule has 0 amide bonds. The lowest BCUT2D eigenvalue weighted by Gasteiger charge is -2.33. The fourth-order valence-electron chi connectivity index (χ4n) is 4.33. The van der Waals surface area contributed by atoms with E-state index >= 15 is 0 Å². The summed E-state index contributed by atoms with van der Waals surface area (Å²) >= 11 is 1.58. The highest BCUT2D eigenvalue weighted by atomic mass is 32.1. The monoisotopic (exact) mass is 401 g/mol. The minimum atomic E-state index is -0.0547. The van der Waals surface area contributed by atoms with Crippen LogP contribution in [0.2, 0.25) is 0 Å². The van der Waals surface area contributed by atoms with Gasteiger partial charge in [-0.05, 0) is 49.1 Å². The number of aryl methyl sites for hydroxylation is 1. The summed E-state index contributed by atoms with van der Waals surface area (Å²) in [6.45, 7) is 0.628. The van der Waals surface area contributed by atoms with E-state index in [9.17, 15) is 4.79 Å². The van der Waals surface area contributed by atoms with Crippen LogP contribution in [0.3, 0.4) is 0 Å². The van der Waals surface area contributed by atoms with Gasteiger partial charge in [-0.1, -0.05) is 54.6 Å². The molecule has 4 aromatic rings. The highest BCUT2D eigenvalue weighted by molar-refractivity contribution is 7.21. The third-order valence-corrected chi connectivity index (χ3v) is 6.86. The lowest BCUT2D eigenvalue weighted by Crippen LogP contribution is -2.29. The summed E-state index contributed by atoms with van der Waals surface area (Å²) in [5, 5.41) is 0.670. The maximum absolute atomic E-state index is 12.7. The first-order valence-electron chi connectivity index (χ1n) is 10.1. The van der Waals surface area contributed by atoms with Gasteiger partial charge in [0.1, 0.15) is 10.7 Å². The number of hydrogen-bond acceptors (Lipinski definition) is 4. The highest BCUT2D eigenvalue weighted by Gasteiger charge is 2.24. The SMILES string of the molecule is CN(Cc1nc2sc(-c3ccccc3)cc2c(=O)[nH]1)[C@@H]1CCCc2ccccc21. The number of nitrogens with zero attached hydrogens (tertiary/aromatic N) is 2. The number of fused-ring (bicyclic) bond motifs is 2. The molecule has 2 aromatic heterocycles. The van der Waals surface area contributed by atoms with Gasteiger partial charge in [-0.2, -0.15) is 0 Å². The summed E-state index contributed by atoms with van der Waals surface area (Å²) in [5.41, 5.74) is 3.92. The Kier molecular flexibility index (Phi) is 4.78. The van der Waals surface area contributed by atoms with E-state index in [0.29, 0.717) is 18.0 Å². The van der Waals surface area contributed by atoms with Crippen LogP contribution in [0.4, 0.5) is 0 Å². The first-order valence-corrected chi connectivity index (χ1v) is 10.9. The Morgan fingerprint density at radius 3 is 2.79 bits per heavy atom. The van der Waals surface area contributed by atoms with Crippen LogP contribution in [0, 0.1) is 0 Å². The fraction of sp³-hybridized carbons (Fsp3) is 0.250. The Morgan fingerprint density at radius 2 is 1.93 bits per heavy atom. The zero-order chi connectivity index (χ0) is 19.8. The Balaban J connectivity index is 1.45. The molecule has 146 valence electrons. The quantitative estimate of drug-likeness (QED) is 0.514. The topological polar surface area (TPSA) is 49.0 Å². The highest BCUT2D eigenvalue weighted by Crippen LogP contribution is 2.34. The molecule has 1 aliphatic carbocycles. The number of nitrogens with one attached hydrogen (secondary N) is 1. The third-order valence-electron chi connectivity index (χ3n) is 5.78. The number of aromatic amines is 1. The van der Waals surface area contributed by atoms with Crippen molar-refractivity contribution >= 4 is 21.6 Å². The van der Waals surface area contributed by atoms with Gasteiger partial charge in [-0.15, -0.1) is 11.3 Å². The molecule has 0 radical (unpaired) electrons. The van der Waals surface area contributed by atoms with E-state index in [1.54, 1.807) is 11.3 Å². The summed E-state index contributed by atoms with van der Waals surface area (Å²) in [6, 6.07) is 21.2. The van der Waals surface area contributed by atoms with Crippen LogP contribution in [-0.2, 0) is 13.0 Å². The number of rotatable bonds is 4. The fourth-order valence-corrected chi connectivity index (χ4v) is 5.38. The molecule has 29 heavy (non-hydrogen) atoms. The van der Waals surface area contributed by atoms with Crippen molar-refractivity contribution in [3.8, 4) is 10.4 Å². The van der Waals surface area contributed by atoms with Gasteiger partial charge in [0.25, 0.3) is 5.56 Å². The number of hydrogen-bond donors (Lipinski definition) is 1. The third kappa shape index (κ3) is 3.52. The maximum Gasteiger partial charge on any atom is 0.259 e. The van der Waals surface area contributed by atoms with E-state index in [0.717, 1.165) is 33.9 Å². The average molecular weight is 402 g/mol. The van der Waals surface area contributed by atoms with E-state index in [2.05, 4.69) is 53.3 Å². The van der Waals surface area contributed by atoms with Gasteiger partial charge in [-0.25, -0.2) is 4.98 Å². The molecule has 1 N–H and O–H groups in total. The number of thiophene rings is 1. The maximum atomic E-state index is 12.7. The largest absolute Gasteiger partial charge is 0.309 e. The molecule has 0 aliphatic heterocycles. The number of H-pyrrole nitrogens is 1. The van der Waals surface area contributed by atoms with Gasteiger partial charge in [0, 0.05) is 10.9 Å². The van der Waals surface area contributed by atoms with Crippen molar-refractivity contribution in [2.24, 2.45) is 0 Å². The second kappa shape index (κ2) is 7.58. The summed E-state index contributed by atoms with van der Waals surface area (Å²) in [4.78, 5) is 24.7. The summed E-state index contributed by atoms with van der Waals surface area (Å²) in [6.07, 6.45) is 3.48. The lowest BCUT2D eigenvalue weighted by atomic mass is 9.87. The van der Waals surface area contributed by atoms with Gasteiger partial charge in [-0.3, -0.25) is 9.69 Å². The molecule has 0 saturated carbocycles. The van der Waals surface area contributed by atoms with Crippen molar-refractivity contribution in [1.29, 1.82) is 0 Å². The minimum absolute atomic E-state index is 0.0547. The van der Waals surface area contributed by atoms with Crippen LogP contribution in [0.5, 0.6) is 0 Å². The second-order valence-corrected chi connectivity index (χ2v) is 8.76. The van der Waals surface area contributed by atoms with Crippen molar-refractivity contribution in [3.05, 3.63) is 88.0 Å². The Hall–Kier alpha value is -2.76. The molecule has 2 aromatic carbocycles. The molecule has 1 aliphatic rings. The van der Waals surface area contributed by atoms with Gasteiger partial charge in [0.2, 0.25) is 0 Å². The first kappa shape index (κ1) is 18.3.